The van der Waals surface area contributed by atoms with E-state index in [0.29, 0.717) is 23.8 Å². The van der Waals surface area contributed by atoms with Crippen LogP contribution in [0.1, 0.15) is 13.8 Å². The molecular formula is C19H21N3O6. The van der Waals surface area contributed by atoms with Crippen LogP contribution in [-0.2, 0) is 9.59 Å². The lowest BCUT2D eigenvalue weighted by Crippen LogP contribution is -2.22. The molecule has 0 saturated heterocycles. The van der Waals surface area contributed by atoms with Gasteiger partial charge in [0.05, 0.1) is 17.6 Å². The van der Waals surface area contributed by atoms with Crippen molar-refractivity contribution >= 4 is 28.9 Å². The summed E-state index contributed by atoms with van der Waals surface area (Å²) in [5.41, 5.74) is 0.478. The molecule has 0 saturated carbocycles. The molecule has 0 heterocycles. The highest BCUT2D eigenvalue weighted by Gasteiger charge is 2.17. The fourth-order valence-electron chi connectivity index (χ4n) is 2.31. The number of ether oxygens (including phenoxy) is 2. The van der Waals surface area contributed by atoms with Crippen molar-refractivity contribution in [3.63, 3.8) is 0 Å². The summed E-state index contributed by atoms with van der Waals surface area (Å²) in [7, 11) is 1.65. The lowest BCUT2D eigenvalue weighted by molar-refractivity contribution is -0.384. The van der Waals surface area contributed by atoms with Crippen LogP contribution in [-0.4, -0.2) is 37.0 Å². The number of benzene rings is 2. The van der Waals surface area contributed by atoms with Crippen molar-refractivity contribution in [1.29, 1.82) is 0 Å². The van der Waals surface area contributed by atoms with Crippen LogP contribution in [0, 0.1) is 10.1 Å². The first-order valence-electron chi connectivity index (χ1n) is 8.50. The Bertz CT molecular complexity index is 866. The van der Waals surface area contributed by atoms with Gasteiger partial charge in [-0.3, -0.25) is 19.7 Å². The van der Waals surface area contributed by atoms with Gasteiger partial charge in [-0.05, 0) is 43.3 Å². The minimum absolute atomic E-state index is 0.0560. The van der Waals surface area contributed by atoms with Gasteiger partial charge in [-0.25, -0.2) is 0 Å². The Balaban J connectivity index is 1.99. The number of nitrogens with one attached hydrogen (secondary N) is 1. The Kier molecular flexibility index (Phi) is 6.91. The molecule has 0 spiro atoms. The van der Waals surface area contributed by atoms with Crippen molar-refractivity contribution in [1.82, 2.24) is 0 Å². The predicted molar refractivity (Wildman–Crippen MR) is 104 cm³/mol. The van der Waals surface area contributed by atoms with E-state index in [9.17, 15) is 19.7 Å². The Labute approximate surface area is 162 Å². The Hall–Kier alpha value is -3.62. The first kappa shape index (κ1) is 20.7. The molecule has 0 fully saturated rings. The van der Waals surface area contributed by atoms with Crippen molar-refractivity contribution in [3.05, 3.63) is 52.6 Å². The van der Waals surface area contributed by atoms with Crippen LogP contribution in [0.3, 0.4) is 0 Å². The average Bonchev–Trinajstić information content (AvgIpc) is 2.67. The largest absolute Gasteiger partial charge is 0.494 e. The molecule has 0 bridgehead atoms. The van der Waals surface area contributed by atoms with Crippen LogP contribution in [0.2, 0.25) is 0 Å². The number of hydrogen-bond donors (Lipinski definition) is 1. The summed E-state index contributed by atoms with van der Waals surface area (Å²) < 4.78 is 10.6. The molecule has 9 nitrogen and oxygen atoms in total. The Morgan fingerprint density at radius 1 is 1.11 bits per heavy atom. The molecule has 9 heteroatoms. The highest BCUT2D eigenvalue weighted by atomic mass is 16.6. The van der Waals surface area contributed by atoms with Crippen LogP contribution in [0.5, 0.6) is 11.5 Å². The van der Waals surface area contributed by atoms with E-state index in [2.05, 4.69) is 5.32 Å². The lowest BCUT2D eigenvalue weighted by atomic mass is 10.2. The second kappa shape index (κ2) is 9.36. The summed E-state index contributed by atoms with van der Waals surface area (Å²) >= 11 is 0. The van der Waals surface area contributed by atoms with E-state index >= 15 is 0 Å². The first-order valence-corrected chi connectivity index (χ1v) is 8.50. The van der Waals surface area contributed by atoms with Crippen molar-refractivity contribution in [2.24, 2.45) is 0 Å². The molecule has 28 heavy (non-hydrogen) atoms. The molecule has 0 atom stereocenters. The smallest absolute Gasteiger partial charge is 0.296 e. The number of rotatable bonds is 8. The number of anilines is 2. The fraction of sp³-hybridized carbons (Fsp3) is 0.263. The van der Waals surface area contributed by atoms with Crippen LogP contribution in [0.25, 0.3) is 0 Å². The number of nitro groups is 1. The van der Waals surface area contributed by atoms with E-state index in [1.807, 2.05) is 0 Å². The van der Waals surface area contributed by atoms with Gasteiger partial charge >= 0.3 is 0 Å². The topological polar surface area (TPSA) is 111 Å². The summed E-state index contributed by atoms with van der Waals surface area (Å²) in [6.07, 6.45) is 0. The number of carbonyl (C=O) groups is 2. The third-order valence-electron chi connectivity index (χ3n) is 3.82. The van der Waals surface area contributed by atoms with Gasteiger partial charge in [0.2, 0.25) is 5.91 Å². The van der Waals surface area contributed by atoms with Gasteiger partial charge in [0, 0.05) is 19.7 Å². The second-order valence-electron chi connectivity index (χ2n) is 5.78. The monoisotopic (exact) mass is 387 g/mol. The molecule has 0 aromatic heterocycles. The number of amides is 2. The summed E-state index contributed by atoms with van der Waals surface area (Å²) in [5, 5.41) is 13.7. The Morgan fingerprint density at radius 3 is 2.32 bits per heavy atom. The molecule has 0 aliphatic heterocycles. The van der Waals surface area contributed by atoms with Gasteiger partial charge in [0.25, 0.3) is 11.6 Å². The lowest BCUT2D eigenvalue weighted by Gasteiger charge is -2.15. The Morgan fingerprint density at radius 2 is 1.75 bits per heavy atom. The van der Waals surface area contributed by atoms with Crippen LogP contribution in [0.4, 0.5) is 17.1 Å². The van der Waals surface area contributed by atoms with Crippen LogP contribution in [0.15, 0.2) is 42.5 Å². The maximum Gasteiger partial charge on any atom is 0.296 e. The molecule has 148 valence electrons. The van der Waals surface area contributed by atoms with E-state index in [4.69, 9.17) is 9.47 Å². The molecule has 2 rings (SSSR count). The van der Waals surface area contributed by atoms with Crippen LogP contribution >= 0.6 is 0 Å². The summed E-state index contributed by atoms with van der Waals surface area (Å²) in [4.78, 5) is 35.5. The zero-order valence-electron chi connectivity index (χ0n) is 15.8. The number of nitrogens with zero attached hydrogens (tertiary/aromatic N) is 2. The third kappa shape index (κ3) is 5.44. The fourth-order valence-corrected chi connectivity index (χ4v) is 2.31. The molecular weight excluding hydrogens is 366 g/mol. The highest BCUT2D eigenvalue weighted by Crippen LogP contribution is 2.29. The van der Waals surface area contributed by atoms with Crippen molar-refractivity contribution in [2.45, 2.75) is 13.8 Å². The molecule has 1 N–H and O–H groups in total. The summed E-state index contributed by atoms with van der Waals surface area (Å²) in [5.74, 6) is 0.123. The average molecular weight is 387 g/mol. The maximum atomic E-state index is 12.1. The maximum absolute atomic E-state index is 12.1. The highest BCUT2D eigenvalue weighted by molar-refractivity contribution is 5.94. The van der Waals surface area contributed by atoms with Crippen LogP contribution < -0.4 is 19.7 Å². The summed E-state index contributed by atoms with van der Waals surface area (Å²) in [6.45, 7) is 3.27. The third-order valence-corrected chi connectivity index (χ3v) is 3.82. The standard InChI is InChI=1S/C19H21N3O6/c1-4-27-16-9-10-17(18(11-16)22(25)26)20-19(24)12-28-15-7-5-14(6-8-15)21(3)13(2)23/h5-11H,4,12H2,1-3H3,(H,20,24). The molecule has 2 amide bonds. The van der Waals surface area contributed by atoms with Gasteiger partial charge < -0.3 is 19.7 Å². The predicted octanol–water partition coefficient (Wildman–Crippen LogP) is 2.99. The minimum Gasteiger partial charge on any atom is -0.494 e. The van der Waals surface area contributed by atoms with Crippen molar-refractivity contribution in [3.8, 4) is 11.5 Å². The SMILES string of the molecule is CCOc1ccc(NC(=O)COc2ccc(N(C)C(C)=O)cc2)c([N+](=O)[O-])c1. The normalized spacial score (nSPS) is 10.1. The van der Waals surface area contributed by atoms with Gasteiger partial charge in [0.1, 0.15) is 17.2 Å². The number of hydrogen-bond acceptors (Lipinski definition) is 6. The zero-order chi connectivity index (χ0) is 20.7. The van der Waals surface area contributed by atoms with E-state index in [0.717, 1.165) is 0 Å². The number of nitro benzene ring substituents is 1. The molecule has 2 aromatic rings. The van der Waals surface area contributed by atoms with Gasteiger partial charge in [0.15, 0.2) is 6.61 Å². The first-order chi connectivity index (χ1) is 13.3. The van der Waals surface area contributed by atoms with E-state index in [1.54, 1.807) is 38.2 Å². The van der Waals surface area contributed by atoms with Crippen molar-refractivity contribution < 1.29 is 24.0 Å². The quantitative estimate of drug-likeness (QED) is 0.551. The van der Waals surface area contributed by atoms with E-state index < -0.39 is 10.8 Å². The number of carbonyl (C=O) groups excluding carboxylic acids is 2. The van der Waals surface area contributed by atoms with E-state index in [-0.39, 0.29) is 23.9 Å². The van der Waals surface area contributed by atoms with Gasteiger partial charge in [-0.1, -0.05) is 0 Å². The van der Waals surface area contributed by atoms with Gasteiger partial charge in [-0.2, -0.15) is 0 Å². The van der Waals surface area contributed by atoms with E-state index in [1.165, 1.54) is 30.0 Å². The second-order valence-corrected chi connectivity index (χ2v) is 5.78. The summed E-state index contributed by atoms with van der Waals surface area (Å²) in [6, 6.07) is 10.8. The minimum atomic E-state index is -0.594. The van der Waals surface area contributed by atoms with Crippen molar-refractivity contribution in [2.75, 3.05) is 30.5 Å². The molecule has 0 aliphatic rings. The molecule has 0 unspecified atom stereocenters. The molecule has 2 aromatic carbocycles. The molecule has 0 aliphatic carbocycles. The van der Waals surface area contributed by atoms with Gasteiger partial charge in [-0.15, -0.1) is 0 Å². The zero-order valence-corrected chi connectivity index (χ0v) is 15.8. The molecule has 0 radical (unpaired) electrons.